The Bertz CT molecular complexity index is 1440. The van der Waals surface area contributed by atoms with Crippen molar-refractivity contribution < 1.29 is 9.00 Å². The molecule has 0 aliphatic carbocycles. The van der Waals surface area contributed by atoms with E-state index < -0.39 is 16.7 Å². The fourth-order valence-electron chi connectivity index (χ4n) is 3.41. The van der Waals surface area contributed by atoms with Gasteiger partial charge in [0.2, 0.25) is 0 Å². The van der Waals surface area contributed by atoms with Crippen molar-refractivity contribution in [2.75, 3.05) is 0 Å². The van der Waals surface area contributed by atoms with Gasteiger partial charge in [-0.05, 0) is 52.9 Å². The molecular formula is C27H25N3O3S. The molecule has 0 aliphatic rings. The number of benzene rings is 3. The molecule has 4 rings (SSSR count). The molecule has 0 saturated heterocycles. The number of hydrogen-bond donors (Lipinski definition) is 2. The first-order chi connectivity index (χ1) is 16.4. The van der Waals surface area contributed by atoms with Crippen LogP contribution < -0.4 is 10.9 Å². The molecule has 1 amide bonds. The Hall–Kier alpha value is -3.84. The predicted molar refractivity (Wildman–Crippen MR) is 136 cm³/mol. The van der Waals surface area contributed by atoms with Crippen molar-refractivity contribution in [3.05, 3.63) is 106 Å². The van der Waals surface area contributed by atoms with Crippen molar-refractivity contribution in [1.29, 1.82) is 0 Å². The van der Waals surface area contributed by atoms with Crippen LogP contribution in [0.2, 0.25) is 0 Å². The predicted octanol–water partition coefficient (Wildman–Crippen LogP) is 4.80. The van der Waals surface area contributed by atoms with Crippen LogP contribution in [0.25, 0.3) is 22.0 Å². The van der Waals surface area contributed by atoms with Crippen molar-refractivity contribution in [2.24, 2.45) is 5.92 Å². The molecule has 7 heteroatoms. The Labute approximate surface area is 200 Å². The second-order valence-electron chi connectivity index (χ2n) is 8.21. The molecule has 4 aromatic rings. The molecular weight excluding hydrogens is 446 g/mol. The number of H-pyrrole nitrogens is 1. The van der Waals surface area contributed by atoms with Crippen LogP contribution in [0.3, 0.4) is 0 Å². The molecule has 1 atom stereocenters. The summed E-state index contributed by atoms with van der Waals surface area (Å²) in [4.78, 5) is 32.4. The summed E-state index contributed by atoms with van der Waals surface area (Å²) in [5.74, 6) is -0.117. The highest BCUT2D eigenvalue weighted by Crippen LogP contribution is 2.22. The molecule has 1 aromatic heterocycles. The highest BCUT2D eigenvalue weighted by atomic mass is 32.2. The first-order valence-electron chi connectivity index (χ1n) is 11.0. The van der Waals surface area contributed by atoms with Gasteiger partial charge in [0.15, 0.2) is 5.82 Å². The Balaban J connectivity index is 1.45. The molecule has 2 N–H and O–H groups in total. The minimum atomic E-state index is -1.17. The highest BCUT2D eigenvalue weighted by Gasteiger charge is 2.11. The van der Waals surface area contributed by atoms with Crippen LogP contribution in [0.15, 0.2) is 94.0 Å². The zero-order valence-electron chi connectivity index (χ0n) is 18.9. The maximum atomic E-state index is 12.6. The van der Waals surface area contributed by atoms with Gasteiger partial charge >= 0.3 is 0 Å². The van der Waals surface area contributed by atoms with Crippen molar-refractivity contribution in [3.8, 4) is 11.1 Å². The van der Waals surface area contributed by atoms with E-state index in [1.54, 1.807) is 29.7 Å². The topological polar surface area (TPSA) is 91.9 Å². The average Bonchev–Trinajstić information content (AvgIpc) is 2.86. The van der Waals surface area contributed by atoms with Gasteiger partial charge in [-0.15, -0.1) is 0 Å². The molecule has 0 saturated carbocycles. The van der Waals surface area contributed by atoms with Crippen molar-refractivity contribution in [1.82, 2.24) is 15.3 Å². The number of carbonyl (C=O) groups is 1. The van der Waals surface area contributed by atoms with Gasteiger partial charge in [0.05, 0.1) is 21.7 Å². The normalized spacial score (nSPS) is 12.3. The van der Waals surface area contributed by atoms with E-state index in [1.807, 2.05) is 68.5 Å². The number of fused-ring (bicyclic) bond motifs is 1. The number of carbonyl (C=O) groups excluding carboxylic acids is 1. The third-order valence-corrected chi connectivity index (χ3v) is 6.36. The van der Waals surface area contributed by atoms with Gasteiger partial charge in [0, 0.05) is 16.8 Å². The third kappa shape index (κ3) is 5.55. The molecule has 0 spiro atoms. The number of aromatic nitrogens is 2. The standard InChI is InChI=1S/C27H25N3O3S/c1-18(2)14-15-34(33)22-12-10-20(11-13-22)21-7-5-6-19(16-21)17-28-27(32)25-29-24-9-4-3-8-23(24)26(31)30-25/h3-16,18H,17H2,1-2H3,(H,28,32)(H,29,30,31)/b15-14+. The number of hydrogen-bond acceptors (Lipinski definition) is 4. The number of aromatic amines is 1. The van der Waals surface area contributed by atoms with Crippen LogP contribution >= 0.6 is 0 Å². The molecule has 0 radical (unpaired) electrons. The maximum Gasteiger partial charge on any atom is 0.287 e. The van der Waals surface area contributed by atoms with Crippen LogP contribution in [-0.4, -0.2) is 20.1 Å². The Morgan fingerprint density at radius 3 is 2.56 bits per heavy atom. The molecule has 6 nitrogen and oxygen atoms in total. The number of nitrogens with one attached hydrogen (secondary N) is 2. The quantitative estimate of drug-likeness (QED) is 0.405. The lowest BCUT2D eigenvalue weighted by Crippen LogP contribution is -2.27. The first kappa shape index (κ1) is 23.3. The van der Waals surface area contributed by atoms with E-state index in [9.17, 15) is 13.8 Å². The summed E-state index contributed by atoms with van der Waals surface area (Å²) >= 11 is 0. The molecule has 0 fully saturated rings. The summed E-state index contributed by atoms with van der Waals surface area (Å²) in [5, 5.41) is 4.98. The van der Waals surface area contributed by atoms with Crippen LogP contribution in [0, 0.1) is 5.92 Å². The van der Waals surface area contributed by atoms with Crippen LogP contribution in [0.5, 0.6) is 0 Å². The zero-order valence-corrected chi connectivity index (χ0v) is 19.8. The first-order valence-corrected chi connectivity index (χ1v) is 12.2. The van der Waals surface area contributed by atoms with Crippen LogP contribution in [0.1, 0.15) is 30.0 Å². The fraction of sp³-hybridized carbons (Fsp3) is 0.148. The molecule has 172 valence electrons. The van der Waals surface area contributed by atoms with Gasteiger partial charge < -0.3 is 10.3 Å². The van der Waals surface area contributed by atoms with Gasteiger partial charge in [-0.1, -0.05) is 62.4 Å². The smallest absolute Gasteiger partial charge is 0.287 e. The number of allylic oxidation sites excluding steroid dienone is 1. The maximum absolute atomic E-state index is 12.6. The number of amides is 1. The van der Waals surface area contributed by atoms with Gasteiger partial charge in [0.1, 0.15) is 0 Å². The number of para-hydroxylation sites is 1. The minimum Gasteiger partial charge on any atom is -0.345 e. The Morgan fingerprint density at radius 1 is 1.03 bits per heavy atom. The Kier molecular flexibility index (Phi) is 7.13. The van der Waals surface area contributed by atoms with Gasteiger partial charge in [-0.3, -0.25) is 9.59 Å². The van der Waals surface area contributed by atoms with Crippen molar-refractivity contribution >= 4 is 27.6 Å². The van der Waals surface area contributed by atoms with E-state index in [4.69, 9.17) is 0 Å². The number of rotatable bonds is 7. The van der Waals surface area contributed by atoms with Gasteiger partial charge in [0.25, 0.3) is 11.5 Å². The second-order valence-corrected chi connectivity index (χ2v) is 9.55. The summed E-state index contributed by atoms with van der Waals surface area (Å²) in [6, 6.07) is 22.3. The van der Waals surface area contributed by atoms with E-state index >= 15 is 0 Å². The third-order valence-electron chi connectivity index (χ3n) is 5.22. The van der Waals surface area contributed by atoms with Gasteiger partial charge in [-0.25, -0.2) is 9.19 Å². The zero-order chi connectivity index (χ0) is 24.1. The molecule has 34 heavy (non-hydrogen) atoms. The van der Waals surface area contributed by atoms with Crippen LogP contribution in [-0.2, 0) is 17.3 Å². The SMILES string of the molecule is CC(C)/C=C/S(=O)c1ccc(-c2cccc(CNC(=O)c3nc4ccccc4c(=O)[nH]3)c2)cc1. The van der Waals surface area contributed by atoms with E-state index in [0.29, 0.717) is 16.8 Å². The monoisotopic (exact) mass is 471 g/mol. The highest BCUT2D eigenvalue weighted by molar-refractivity contribution is 7.88. The van der Waals surface area contributed by atoms with E-state index in [-0.39, 0.29) is 17.9 Å². The van der Waals surface area contributed by atoms with E-state index in [1.165, 1.54) is 0 Å². The van der Waals surface area contributed by atoms with E-state index in [0.717, 1.165) is 21.6 Å². The summed E-state index contributed by atoms with van der Waals surface area (Å²) in [5.41, 5.74) is 3.01. The minimum absolute atomic E-state index is 0.0186. The van der Waals surface area contributed by atoms with Crippen molar-refractivity contribution in [2.45, 2.75) is 25.3 Å². The lowest BCUT2D eigenvalue weighted by Gasteiger charge is -2.08. The largest absolute Gasteiger partial charge is 0.345 e. The number of nitrogens with zero attached hydrogens (tertiary/aromatic N) is 1. The van der Waals surface area contributed by atoms with Crippen LogP contribution in [0.4, 0.5) is 0 Å². The van der Waals surface area contributed by atoms with Crippen molar-refractivity contribution in [3.63, 3.8) is 0 Å². The summed E-state index contributed by atoms with van der Waals surface area (Å²) in [6.07, 6.45) is 1.94. The Morgan fingerprint density at radius 2 is 1.79 bits per heavy atom. The molecule has 0 bridgehead atoms. The van der Waals surface area contributed by atoms with Gasteiger partial charge in [-0.2, -0.15) is 0 Å². The average molecular weight is 472 g/mol. The summed E-state index contributed by atoms with van der Waals surface area (Å²) < 4.78 is 12.4. The second kappa shape index (κ2) is 10.4. The molecule has 1 heterocycles. The summed E-state index contributed by atoms with van der Waals surface area (Å²) in [7, 11) is -1.17. The molecule has 0 aliphatic heterocycles. The molecule has 1 unspecified atom stereocenters. The lowest BCUT2D eigenvalue weighted by molar-refractivity contribution is 0.0940. The fourth-order valence-corrected chi connectivity index (χ4v) is 4.43. The molecule has 3 aromatic carbocycles. The lowest BCUT2D eigenvalue weighted by atomic mass is 10.0. The van der Waals surface area contributed by atoms with E-state index in [2.05, 4.69) is 15.3 Å². The summed E-state index contributed by atoms with van der Waals surface area (Å²) in [6.45, 7) is 4.37.